The normalized spacial score (nSPS) is 14.3. The maximum atomic E-state index is 12.1. The topological polar surface area (TPSA) is 125 Å². The van der Waals surface area contributed by atoms with E-state index in [4.69, 9.17) is 9.47 Å². The van der Waals surface area contributed by atoms with Crippen LogP contribution >= 0.6 is 0 Å². The summed E-state index contributed by atoms with van der Waals surface area (Å²) >= 11 is 0. The van der Waals surface area contributed by atoms with Crippen molar-refractivity contribution in [2.45, 2.75) is 12.8 Å². The van der Waals surface area contributed by atoms with Crippen LogP contribution in [0.25, 0.3) is 0 Å². The summed E-state index contributed by atoms with van der Waals surface area (Å²) in [5, 5.41) is 10.6. The van der Waals surface area contributed by atoms with Crippen LogP contribution in [0.15, 0.2) is 24.3 Å². The van der Waals surface area contributed by atoms with E-state index in [1.54, 1.807) is 0 Å². The molecule has 1 aromatic carbocycles. The Bertz CT molecular complexity index is 695. The molecule has 27 heavy (non-hydrogen) atoms. The standard InChI is InChI=1S/C17H20N2O8/c1-25-17(22)12-6-8-18(9-7-12)15(20)10-27-16(21)11-26-14-4-2-13(3-5-14)19(23)24/h2-5,12H,6-11H2,1H3. The zero-order valence-electron chi connectivity index (χ0n) is 14.8. The number of ether oxygens (including phenoxy) is 3. The van der Waals surface area contributed by atoms with E-state index in [2.05, 4.69) is 4.74 Å². The number of carbonyl (C=O) groups is 3. The average Bonchev–Trinajstić information content (AvgIpc) is 2.70. The molecule has 2 rings (SSSR count). The SMILES string of the molecule is COC(=O)C1CCN(C(=O)COC(=O)COc2ccc([N+](=O)[O-])cc2)CC1. The van der Waals surface area contributed by atoms with Gasteiger partial charge in [0.25, 0.3) is 11.6 Å². The van der Waals surface area contributed by atoms with Gasteiger partial charge in [-0.25, -0.2) is 4.79 Å². The molecule has 1 amide bonds. The van der Waals surface area contributed by atoms with Gasteiger partial charge in [0, 0.05) is 25.2 Å². The highest BCUT2D eigenvalue weighted by atomic mass is 16.6. The second-order valence-corrected chi connectivity index (χ2v) is 5.88. The summed E-state index contributed by atoms with van der Waals surface area (Å²) in [6.45, 7) is -0.0360. The fourth-order valence-corrected chi connectivity index (χ4v) is 2.61. The van der Waals surface area contributed by atoms with Crippen molar-refractivity contribution >= 4 is 23.5 Å². The molecule has 1 saturated heterocycles. The third-order valence-electron chi connectivity index (χ3n) is 4.14. The average molecular weight is 380 g/mol. The number of nitrogens with zero attached hydrogens (tertiary/aromatic N) is 2. The van der Waals surface area contributed by atoms with Crippen LogP contribution in [0.4, 0.5) is 5.69 Å². The molecular weight excluding hydrogens is 360 g/mol. The van der Waals surface area contributed by atoms with Crippen molar-refractivity contribution in [1.82, 2.24) is 4.90 Å². The third kappa shape index (κ3) is 5.94. The Morgan fingerprint density at radius 2 is 1.78 bits per heavy atom. The number of rotatable bonds is 7. The Morgan fingerprint density at radius 3 is 2.33 bits per heavy atom. The van der Waals surface area contributed by atoms with Crippen molar-refractivity contribution in [1.29, 1.82) is 0 Å². The van der Waals surface area contributed by atoms with E-state index >= 15 is 0 Å². The van der Waals surface area contributed by atoms with Crippen LogP contribution in [-0.4, -0.2) is 61.1 Å². The Labute approximate surface area is 155 Å². The van der Waals surface area contributed by atoms with Crippen LogP contribution in [0.2, 0.25) is 0 Å². The zero-order valence-corrected chi connectivity index (χ0v) is 14.8. The summed E-state index contributed by atoms with van der Waals surface area (Å²) in [6.07, 6.45) is 1.02. The molecule has 0 unspecified atom stereocenters. The van der Waals surface area contributed by atoms with Gasteiger partial charge in [-0.15, -0.1) is 0 Å². The van der Waals surface area contributed by atoms with E-state index in [1.807, 2.05) is 0 Å². The molecule has 1 aliphatic rings. The summed E-state index contributed by atoms with van der Waals surface area (Å²) in [5.41, 5.74) is -0.0912. The highest BCUT2D eigenvalue weighted by molar-refractivity contribution is 5.81. The largest absolute Gasteiger partial charge is 0.482 e. The Hall–Kier alpha value is -3.17. The van der Waals surface area contributed by atoms with Crippen LogP contribution in [0.1, 0.15) is 12.8 Å². The first kappa shape index (κ1) is 20.1. The van der Waals surface area contributed by atoms with Gasteiger partial charge in [0.05, 0.1) is 18.0 Å². The van der Waals surface area contributed by atoms with Crippen LogP contribution in [-0.2, 0) is 23.9 Å². The van der Waals surface area contributed by atoms with Gasteiger partial charge in [-0.1, -0.05) is 0 Å². The summed E-state index contributed by atoms with van der Waals surface area (Å²) in [5.74, 6) is -1.30. The molecule has 0 radical (unpaired) electrons. The number of benzene rings is 1. The van der Waals surface area contributed by atoms with Crippen molar-refractivity contribution in [3.63, 3.8) is 0 Å². The first-order valence-electron chi connectivity index (χ1n) is 8.29. The van der Waals surface area contributed by atoms with Gasteiger partial charge >= 0.3 is 11.9 Å². The van der Waals surface area contributed by atoms with E-state index in [9.17, 15) is 24.5 Å². The van der Waals surface area contributed by atoms with Gasteiger partial charge in [0.2, 0.25) is 0 Å². The minimum absolute atomic E-state index is 0.0912. The number of amides is 1. The summed E-state index contributed by atoms with van der Waals surface area (Å²) in [6, 6.07) is 5.23. The molecule has 1 fully saturated rings. The fraction of sp³-hybridized carbons (Fsp3) is 0.471. The van der Waals surface area contributed by atoms with Crippen LogP contribution in [0.3, 0.4) is 0 Å². The molecular formula is C17H20N2O8. The maximum absolute atomic E-state index is 12.1. The van der Waals surface area contributed by atoms with Crippen LogP contribution < -0.4 is 4.74 Å². The van der Waals surface area contributed by atoms with Gasteiger partial charge in [-0.2, -0.15) is 0 Å². The van der Waals surface area contributed by atoms with Crippen molar-refractivity contribution in [2.75, 3.05) is 33.4 Å². The molecule has 0 aromatic heterocycles. The molecule has 1 heterocycles. The van der Waals surface area contributed by atoms with E-state index in [0.717, 1.165) is 0 Å². The first-order chi connectivity index (χ1) is 12.9. The Balaban J connectivity index is 1.68. The van der Waals surface area contributed by atoms with Crippen LogP contribution in [0, 0.1) is 16.0 Å². The number of esters is 2. The van der Waals surface area contributed by atoms with E-state index < -0.39 is 24.1 Å². The van der Waals surface area contributed by atoms with Crippen molar-refractivity contribution in [3.05, 3.63) is 34.4 Å². The summed E-state index contributed by atoms with van der Waals surface area (Å²) < 4.78 is 14.7. The lowest BCUT2D eigenvalue weighted by Gasteiger charge is -2.30. The van der Waals surface area contributed by atoms with Gasteiger partial charge in [0.1, 0.15) is 5.75 Å². The Morgan fingerprint density at radius 1 is 1.15 bits per heavy atom. The molecule has 0 N–H and O–H groups in total. The second-order valence-electron chi connectivity index (χ2n) is 5.88. The zero-order chi connectivity index (χ0) is 19.8. The minimum Gasteiger partial charge on any atom is -0.482 e. The van der Waals surface area contributed by atoms with Crippen molar-refractivity contribution in [2.24, 2.45) is 5.92 Å². The number of nitro benzene ring substituents is 1. The first-order valence-corrected chi connectivity index (χ1v) is 8.29. The molecule has 0 bridgehead atoms. The summed E-state index contributed by atoms with van der Waals surface area (Å²) in [7, 11) is 1.33. The van der Waals surface area contributed by atoms with Crippen molar-refractivity contribution in [3.8, 4) is 5.75 Å². The number of hydrogen-bond donors (Lipinski definition) is 0. The number of hydrogen-bond acceptors (Lipinski definition) is 8. The number of methoxy groups -OCH3 is 1. The number of likely N-dealkylation sites (tertiary alicyclic amines) is 1. The van der Waals surface area contributed by atoms with Gasteiger partial charge < -0.3 is 19.1 Å². The van der Waals surface area contributed by atoms with E-state index in [1.165, 1.54) is 36.3 Å². The molecule has 0 saturated carbocycles. The lowest BCUT2D eigenvalue weighted by atomic mass is 9.97. The number of carbonyl (C=O) groups excluding carboxylic acids is 3. The predicted octanol–water partition coefficient (Wildman–Crippen LogP) is 0.928. The second kappa shape index (κ2) is 9.51. The lowest BCUT2D eigenvalue weighted by Crippen LogP contribution is -2.42. The number of piperidine rings is 1. The molecule has 0 spiro atoms. The molecule has 10 nitrogen and oxygen atoms in total. The molecule has 146 valence electrons. The molecule has 1 aliphatic heterocycles. The van der Waals surface area contributed by atoms with Gasteiger partial charge in [0.15, 0.2) is 13.2 Å². The maximum Gasteiger partial charge on any atom is 0.344 e. The van der Waals surface area contributed by atoms with E-state index in [-0.39, 0.29) is 29.2 Å². The molecule has 10 heteroatoms. The Kier molecular flexibility index (Phi) is 7.09. The van der Waals surface area contributed by atoms with Gasteiger partial charge in [-0.05, 0) is 25.0 Å². The monoisotopic (exact) mass is 380 g/mol. The highest BCUT2D eigenvalue weighted by Crippen LogP contribution is 2.19. The number of nitro groups is 1. The molecule has 1 aromatic rings. The fourth-order valence-electron chi connectivity index (χ4n) is 2.61. The van der Waals surface area contributed by atoms with E-state index in [0.29, 0.717) is 25.9 Å². The van der Waals surface area contributed by atoms with Gasteiger partial charge in [-0.3, -0.25) is 19.7 Å². The molecule has 0 atom stereocenters. The lowest BCUT2D eigenvalue weighted by molar-refractivity contribution is -0.384. The number of non-ortho nitro benzene ring substituents is 1. The predicted molar refractivity (Wildman–Crippen MR) is 90.9 cm³/mol. The smallest absolute Gasteiger partial charge is 0.344 e. The summed E-state index contributed by atoms with van der Waals surface area (Å²) in [4.78, 5) is 46.7. The third-order valence-corrected chi connectivity index (χ3v) is 4.14. The van der Waals surface area contributed by atoms with Crippen LogP contribution in [0.5, 0.6) is 5.75 Å². The minimum atomic E-state index is -0.730. The quantitative estimate of drug-likeness (QED) is 0.388. The highest BCUT2D eigenvalue weighted by Gasteiger charge is 2.28. The van der Waals surface area contributed by atoms with Crippen molar-refractivity contribution < 1.29 is 33.5 Å². The molecule has 0 aliphatic carbocycles.